The minimum atomic E-state index is -0.0620. The van der Waals surface area contributed by atoms with E-state index < -0.39 is 0 Å². The highest BCUT2D eigenvalue weighted by Gasteiger charge is 2.22. The first-order valence-electron chi connectivity index (χ1n) is 5.00. The van der Waals surface area contributed by atoms with Crippen molar-refractivity contribution in [2.75, 3.05) is 19.7 Å². The number of phenolic OH excluding ortho intramolecular Hbond substituents is 1. The number of rotatable bonds is 1. The van der Waals surface area contributed by atoms with Crippen LogP contribution in [-0.2, 0) is 4.74 Å². The number of hydrogen-bond acceptors (Lipinski definition) is 3. The number of morpholine rings is 1. The number of nitrogens with one attached hydrogen (secondary N) is 1. The fraction of sp³-hybridized carbons (Fsp3) is 0.455. The molecule has 0 radical (unpaired) electrons. The largest absolute Gasteiger partial charge is 0.508 e. The second-order valence-electron chi connectivity index (χ2n) is 3.69. The van der Waals surface area contributed by atoms with Gasteiger partial charge in [0.1, 0.15) is 5.75 Å². The second kappa shape index (κ2) is 4.51. The highest BCUT2D eigenvalue weighted by Crippen LogP contribution is 2.36. The van der Waals surface area contributed by atoms with Crippen LogP contribution in [0.1, 0.15) is 17.2 Å². The molecular weight excluding hydrogens is 258 g/mol. The topological polar surface area (TPSA) is 41.5 Å². The Kier molecular flexibility index (Phi) is 3.29. The summed E-state index contributed by atoms with van der Waals surface area (Å²) in [5, 5.41) is 13.1. The number of benzene rings is 1. The van der Waals surface area contributed by atoms with Crippen molar-refractivity contribution in [2.24, 2.45) is 0 Å². The number of aromatic hydroxyl groups is 1. The molecule has 1 aromatic carbocycles. The maximum atomic E-state index is 9.83. The standard InChI is InChI=1S/C11H14BrNO2/c1-7-2-3-8(14)10(11(7)12)9-6-13-4-5-15-9/h2-3,9,13-14H,4-6H2,1H3. The molecule has 0 bridgehead atoms. The fourth-order valence-corrected chi connectivity index (χ4v) is 2.34. The Labute approximate surface area is 97.6 Å². The van der Waals surface area contributed by atoms with Crippen molar-refractivity contribution in [3.63, 3.8) is 0 Å². The molecule has 1 aromatic rings. The molecule has 0 aliphatic carbocycles. The summed E-state index contributed by atoms with van der Waals surface area (Å²) in [7, 11) is 0. The van der Waals surface area contributed by atoms with E-state index in [-0.39, 0.29) is 6.10 Å². The predicted octanol–water partition coefficient (Wildman–Crippen LogP) is 2.12. The van der Waals surface area contributed by atoms with Crippen LogP contribution in [0.3, 0.4) is 0 Å². The van der Waals surface area contributed by atoms with Gasteiger partial charge in [-0.2, -0.15) is 0 Å². The second-order valence-corrected chi connectivity index (χ2v) is 4.49. The molecule has 0 aromatic heterocycles. The first kappa shape index (κ1) is 10.9. The Hall–Kier alpha value is -0.580. The molecule has 1 atom stereocenters. The lowest BCUT2D eigenvalue weighted by Gasteiger charge is -2.25. The lowest BCUT2D eigenvalue weighted by Crippen LogP contribution is -2.33. The summed E-state index contributed by atoms with van der Waals surface area (Å²) >= 11 is 3.50. The van der Waals surface area contributed by atoms with Crippen LogP contribution in [-0.4, -0.2) is 24.8 Å². The van der Waals surface area contributed by atoms with E-state index in [4.69, 9.17) is 4.74 Å². The van der Waals surface area contributed by atoms with Crippen molar-refractivity contribution in [1.29, 1.82) is 0 Å². The van der Waals surface area contributed by atoms with E-state index in [0.29, 0.717) is 12.4 Å². The first-order chi connectivity index (χ1) is 7.20. The molecule has 2 rings (SSSR count). The van der Waals surface area contributed by atoms with Crippen molar-refractivity contribution in [3.05, 3.63) is 27.7 Å². The van der Waals surface area contributed by atoms with Gasteiger partial charge >= 0.3 is 0 Å². The zero-order valence-corrected chi connectivity index (χ0v) is 10.2. The van der Waals surface area contributed by atoms with E-state index in [1.807, 2.05) is 13.0 Å². The average Bonchev–Trinajstić information content (AvgIpc) is 2.26. The van der Waals surface area contributed by atoms with Gasteiger partial charge in [0.05, 0.1) is 12.7 Å². The predicted molar refractivity (Wildman–Crippen MR) is 62.1 cm³/mol. The van der Waals surface area contributed by atoms with Crippen molar-refractivity contribution >= 4 is 15.9 Å². The zero-order valence-electron chi connectivity index (χ0n) is 8.59. The maximum Gasteiger partial charge on any atom is 0.122 e. The molecule has 3 nitrogen and oxygen atoms in total. The molecule has 1 fully saturated rings. The molecule has 2 N–H and O–H groups in total. The molecule has 0 amide bonds. The van der Waals surface area contributed by atoms with Gasteiger partial charge in [-0.1, -0.05) is 6.07 Å². The van der Waals surface area contributed by atoms with Crippen LogP contribution in [0.15, 0.2) is 16.6 Å². The number of aryl methyl sites for hydroxylation is 1. The number of phenols is 1. The van der Waals surface area contributed by atoms with Gasteiger partial charge in [-0.05, 0) is 34.5 Å². The lowest BCUT2D eigenvalue weighted by atomic mass is 10.0. The van der Waals surface area contributed by atoms with Gasteiger partial charge in [0.15, 0.2) is 0 Å². The summed E-state index contributed by atoms with van der Waals surface area (Å²) in [5.41, 5.74) is 1.96. The van der Waals surface area contributed by atoms with Crippen molar-refractivity contribution < 1.29 is 9.84 Å². The summed E-state index contributed by atoms with van der Waals surface area (Å²) in [6.07, 6.45) is -0.0620. The Bertz CT molecular complexity index is 362. The summed E-state index contributed by atoms with van der Waals surface area (Å²) in [4.78, 5) is 0. The van der Waals surface area contributed by atoms with E-state index >= 15 is 0 Å². The molecule has 15 heavy (non-hydrogen) atoms. The fourth-order valence-electron chi connectivity index (χ4n) is 1.75. The van der Waals surface area contributed by atoms with E-state index in [9.17, 15) is 5.11 Å². The highest BCUT2D eigenvalue weighted by molar-refractivity contribution is 9.10. The van der Waals surface area contributed by atoms with Crippen LogP contribution < -0.4 is 5.32 Å². The third-order valence-corrected chi connectivity index (χ3v) is 3.65. The van der Waals surface area contributed by atoms with E-state index in [0.717, 1.165) is 28.7 Å². The van der Waals surface area contributed by atoms with Crippen LogP contribution in [0.5, 0.6) is 5.75 Å². The Morgan fingerprint density at radius 1 is 1.53 bits per heavy atom. The van der Waals surface area contributed by atoms with E-state index in [1.165, 1.54) is 0 Å². The van der Waals surface area contributed by atoms with Crippen molar-refractivity contribution in [2.45, 2.75) is 13.0 Å². The van der Waals surface area contributed by atoms with Crippen LogP contribution in [0.4, 0.5) is 0 Å². The average molecular weight is 272 g/mol. The quantitative estimate of drug-likeness (QED) is 0.822. The van der Waals surface area contributed by atoms with Crippen LogP contribution in [0.2, 0.25) is 0 Å². The van der Waals surface area contributed by atoms with Gasteiger partial charge < -0.3 is 15.2 Å². The summed E-state index contributed by atoms with van der Waals surface area (Å²) < 4.78 is 6.57. The molecule has 82 valence electrons. The third-order valence-electron chi connectivity index (χ3n) is 2.60. The van der Waals surface area contributed by atoms with Gasteiger partial charge in [0.2, 0.25) is 0 Å². The highest BCUT2D eigenvalue weighted by atomic mass is 79.9. The minimum absolute atomic E-state index is 0.0620. The van der Waals surface area contributed by atoms with Gasteiger partial charge in [-0.25, -0.2) is 0 Å². The van der Waals surface area contributed by atoms with E-state index in [2.05, 4.69) is 21.2 Å². The minimum Gasteiger partial charge on any atom is -0.508 e. The van der Waals surface area contributed by atoms with Crippen molar-refractivity contribution in [3.8, 4) is 5.75 Å². The SMILES string of the molecule is Cc1ccc(O)c(C2CNCCO2)c1Br. The molecule has 1 aliphatic rings. The molecule has 1 aliphatic heterocycles. The number of halogens is 1. The first-order valence-corrected chi connectivity index (χ1v) is 5.79. The van der Waals surface area contributed by atoms with Gasteiger partial charge in [0, 0.05) is 23.1 Å². The summed E-state index contributed by atoms with van der Waals surface area (Å²) in [5.74, 6) is 0.293. The molecule has 0 spiro atoms. The van der Waals surface area contributed by atoms with Gasteiger partial charge in [-0.3, -0.25) is 0 Å². The van der Waals surface area contributed by atoms with Crippen molar-refractivity contribution in [1.82, 2.24) is 5.32 Å². The summed E-state index contributed by atoms with van der Waals surface area (Å²) in [6, 6.07) is 3.60. The van der Waals surface area contributed by atoms with Gasteiger partial charge in [-0.15, -0.1) is 0 Å². The van der Waals surface area contributed by atoms with Gasteiger partial charge in [0.25, 0.3) is 0 Å². The lowest BCUT2D eigenvalue weighted by molar-refractivity contribution is 0.0258. The molecule has 1 unspecified atom stereocenters. The third kappa shape index (κ3) is 2.17. The van der Waals surface area contributed by atoms with Crippen LogP contribution >= 0.6 is 15.9 Å². The number of hydrogen-bond donors (Lipinski definition) is 2. The maximum absolute atomic E-state index is 9.83. The summed E-state index contributed by atoms with van der Waals surface area (Å²) in [6.45, 7) is 4.31. The zero-order chi connectivity index (χ0) is 10.8. The van der Waals surface area contributed by atoms with Crippen LogP contribution in [0.25, 0.3) is 0 Å². The monoisotopic (exact) mass is 271 g/mol. The number of ether oxygens (including phenoxy) is 1. The normalized spacial score (nSPS) is 21.6. The Morgan fingerprint density at radius 2 is 2.33 bits per heavy atom. The molecule has 4 heteroatoms. The van der Waals surface area contributed by atoms with E-state index in [1.54, 1.807) is 6.07 Å². The Morgan fingerprint density at radius 3 is 3.00 bits per heavy atom. The smallest absolute Gasteiger partial charge is 0.122 e. The molecule has 1 saturated heterocycles. The Balaban J connectivity index is 2.36. The molecule has 0 saturated carbocycles. The molecule has 1 heterocycles. The molecular formula is C11H14BrNO2. The van der Waals surface area contributed by atoms with Crippen LogP contribution in [0, 0.1) is 6.92 Å².